The van der Waals surface area contributed by atoms with Crippen LogP contribution in [0.25, 0.3) is 0 Å². The lowest BCUT2D eigenvalue weighted by molar-refractivity contribution is -0.137. The number of rotatable bonds is 4. The van der Waals surface area contributed by atoms with E-state index in [1.54, 1.807) is 7.05 Å². The number of nitrogens with zero attached hydrogens (tertiary/aromatic N) is 1. The van der Waals surface area contributed by atoms with Gasteiger partial charge in [0.15, 0.2) is 0 Å². The van der Waals surface area contributed by atoms with Crippen LogP contribution in [0.5, 0.6) is 0 Å². The van der Waals surface area contributed by atoms with Gasteiger partial charge in [0.25, 0.3) is 0 Å². The molecule has 3 N–H and O–H groups in total. The largest absolute Gasteiger partial charge is 0.352 e. The molecule has 0 saturated heterocycles. The Balaban J connectivity index is 4.37. The maximum atomic E-state index is 11.9. The van der Waals surface area contributed by atoms with Crippen molar-refractivity contribution in [1.29, 1.82) is 0 Å². The molecular weight excluding hydrogens is 218 g/mol. The molecule has 0 heterocycles. The zero-order valence-corrected chi connectivity index (χ0v) is 11.7. The smallest absolute Gasteiger partial charge is 0.240 e. The Kier molecular flexibility index (Phi) is 5.61. The zero-order valence-electron chi connectivity index (χ0n) is 11.7. The summed E-state index contributed by atoms with van der Waals surface area (Å²) in [6.07, 6.45) is 0. The van der Waals surface area contributed by atoms with Crippen molar-refractivity contribution >= 4 is 11.8 Å². The third-order valence-electron chi connectivity index (χ3n) is 2.41. The molecule has 100 valence electrons. The second-order valence-electron chi connectivity index (χ2n) is 5.76. The van der Waals surface area contributed by atoms with E-state index in [-0.39, 0.29) is 29.8 Å². The van der Waals surface area contributed by atoms with Crippen molar-refractivity contribution in [2.24, 2.45) is 11.1 Å². The first-order chi connectivity index (χ1) is 7.55. The van der Waals surface area contributed by atoms with Crippen LogP contribution in [0.3, 0.4) is 0 Å². The molecule has 0 saturated carbocycles. The van der Waals surface area contributed by atoms with E-state index < -0.39 is 6.04 Å². The molecule has 0 aliphatic carbocycles. The standard InChI is InChI=1S/C12H25N3O2/c1-8(2)14-9(16)7-15(6)11(17)10(13)12(3,4)5/h8,10H,7,13H2,1-6H3,(H,14,16)/t10-/m1/s1. The molecule has 0 aliphatic heterocycles. The average molecular weight is 243 g/mol. The van der Waals surface area contributed by atoms with E-state index in [1.165, 1.54) is 4.90 Å². The van der Waals surface area contributed by atoms with Crippen LogP contribution < -0.4 is 11.1 Å². The Bertz CT molecular complexity index is 282. The molecule has 0 aliphatic rings. The Hall–Kier alpha value is -1.10. The molecule has 5 nitrogen and oxygen atoms in total. The van der Waals surface area contributed by atoms with Crippen molar-refractivity contribution in [3.05, 3.63) is 0 Å². The number of carbonyl (C=O) groups is 2. The first-order valence-corrected chi connectivity index (χ1v) is 5.85. The Morgan fingerprint density at radius 3 is 2.12 bits per heavy atom. The molecule has 0 aromatic rings. The molecule has 0 unspecified atom stereocenters. The summed E-state index contributed by atoms with van der Waals surface area (Å²) in [6.45, 7) is 9.49. The third kappa shape index (κ3) is 5.68. The summed E-state index contributed by atoms with van der Waals surface area (Å²) in [7, 11) is 1.59. The quantitative estimate of drug-likeness (QED) is 0.748. The fourth-order valence-corrected chi connectivity index (χ4v) is 1.27. The van der Waals surface area contributed by atoms with Gasteiger partial charge in [0.05, 0.1) is 12.6 Å². The lowest BCUT2D eigenvalue weighted by Crippen LogP contribution is -2.51. The predicted molar refractivity (Wildman–Crippen MR) is 68.3 cm³/mol. The highest BCUT2D eigenvalue weighted by atomic mass is 16.2. The van der Waals surface area contributed by atoms with Crippen LogP contribution in [0.1, 0.15) is 34.6 Å². The maximum absolute atomic E-state index is 11.9. The zero-order chi connectivity index (χ0) is 13.8. The summed E-state index contributed by atoms with van der Waals surface area (Å²) in [6, 6.07) is -0.526. The topological polar surface area (TPSA) is 75.4 Å². The number of hydrogen-bond acceptors (Lipinski definition) is 3. The van der Waals surface area contributed by atoms with Crippen molar-refractivity contribution in [3.63, 3.8) is 0 Å². The lowest BCUT2D eigenvalue weighted by Gasteiger charge is -2.29. The third-order valence-corrected chi connectivity index (χ3v) is 2.41. The summed E-state index contributed by atoms with van der Waals surface area (Å²) in [5, 5.41) is 2.73. The van der Waals surface area contributed by atoms with Crippen LogP contribution in [0.2, 0.25) is 0 Å². The Morgan fingerprint density at radius 1 is 1.29 bits per heavy atom. The van der Waals surface area contributed by atoms with Gasteiger partial charge in [0.2, 0.25) is 11.8 Å². The fourth-order valence-electron chi connectivity index (χ4n) is 1.27. The van der Waals surface area contributed by atoms with E-state index in [1.807, 2.05) is 34.6 Å². The van der Waals surface area contributed by atoms with Crippen molar-refractivity contribution < 1.29 is 9.59 Å². The van der Waals surface area contributed by atoms with Crippen LogP contribution in [0.15, 0.2) is 0 Å². The van der Waals surface area contributed by atoms with Crippen molar-refractivity contribution in [2.45, 2.75) is 46.7 Å². The normalized spacial score (nSPS) is 13.4. The van der Waals surface area contributed by atoms with Crippen LogP contribution in [-0.4, -0.2) is 42.4 Å². The van der Waals surface area contributed by atoms with Gasteiger partial charge < -0.3 is 16.0 Å². The lowest BCUT2D eigenvalue weighted by atomic mass is 9.86. The van der Waals surface area contributed by atoms with Gasteiger partial charge in [0.1, 0.15) is 0 Å². The van der Waals surface area contributed by atoms with Gasteiger partial charge in [0, 0.05) is 13.1 Å². The minimum Gasteiger partial charge on any atom is -0.352 e. The minimum atomic E-state index is -0.598. The highest BCUT2D eigenvalue weighted by molar-refractivity contribution is 5.87. The molecule has 0 rings (SSSR count). The van der Waals surface area contributed by atoms with E-state index in [2.05, 4.69) is 5.32 Å². The number of nitrogens with two attached hydrogens (primary N) is 1. The molecule has 0 aromatic carbocycles. The average Bonchev–Trinajstić information content (AvgIpc) is 2.12. The second-order valence-corrected chi connectivity index (χ2v) is 5.76. The summed E-state index contributed by atoms with van der Waals surface area (Å²) >= 11 is 0. The molecule has 2 amide bonds. The molecular formula is C12H25N3O2. The molecule has 1 atom stereocenters. The van der Waals surface area contributed by atoms with Crippen LogP contribution >= 0.6 is 0 Å². The number of amides is 2. The van der Waals surface area contributed by atoms with Gasteiger partial charge in [-0.25, -0.2) is 0 Å². The first-order valence-electron chi connectivity index (χ1n) is 5.85. The number of hydrogen-bond donors (Lipinski definition) is 2. The molecule has 0 aromatic heterocycles. The van der Waals surface area contributed by atoms with Gasteiger partial charge in [-0.3, -0.25) is 9.59 Å². The Morgan fingerprint density at radius 2 is 1.76 bits per heavy atom. The van der Waals surface area contributed by atoms with Crippen molar-refractivity contribution in [2.75, 3.05) is 13.6 Å². The monoisotopic (exact) mass is 243 g/mol. The van der Waals surface area contributed by atoms with E-state index in [9.17, 15) is 9.59 Å². The molecule has 0 spiro atoms. The van der Waals surface area contributed by atoms with Gasteiger partial charge in [-0.1, -0.05) is 20.8 Å². The van der Waals surface area contributed by atoms with Gasteiger partial charge >= 0.3 is 0 Å². The highest BCUT2D eigenvalue weighted by Gasteiger charge is 2.30. The van der Waals surface area contributed by atoms with Crippen LogP contribution in [-0.2, 0) is 9.59 Å². The molecule has 5 heteroatoms. The van der Waals surface area contributed by atoms with E-state index in [4.69, 9.17) is 5.73 Å². The van der Waals surface area contributed by atoms with Crippen molar-refractivity contribution in [1.82, 2.24) is 10.2 Å². The van der Waals surface area contributed by atoms with Crippen LogP contribution in [0.4, 0.5) is 0 Å². The Labute approximate surface area is 104 Å². The summed E-state index contributed by atoms with van der Waals surface area (Å²) in [5.41, 5.74) is 5.54. The highest BCUT2D eigenvalue weighted by Crippen LogP contribution is 2.18. The van der Waals surface area contributed by atoms with Gasteiger partial charge in [-0.15, -0.1) is 0 Å². The fraction of sp³-hybridized carbons (Fsp3) is 0.833. The van der Waals surface area contributed by atoms with E-state index >= 15 is 0 Å². The van der Waals surface area contributed by atoms with Gasteiger partial charge in [-0.2, -0.15) is 0 Å². The van der Waals surface area contributed by atoms with Crippen LogP contribution in [0, 0.1) is 5.41 Å². The predicted octanol–water partition coefficient (Wildman–Crippen LogP) is 0.343. The van der Waals surface area contributed by atoms with Gasteiger partial charge in [-0.05, 0) is 19.3 Å². The molecule has 0 bridgehead atoms. The van der Waals surface area contributed by atoms with Crippen molar-refractivity contribution in [3.8, 4) is 0 Å². The number of likely N-dealkylation sites (N-methyl/N-ethyl adjacent to an activating group) is 1. The summed E-state index contributed by atoms with van der Waals surface area (Å²) in [4.78, 5) is 24.8. The van der Waals surface area contributed by atoms with E-state index in [0.29, 0.717) is 0 Å². The second kappa shape index (κ2) is 6.00. The minimum absolute atomic E-state index is 0.0425. The first kappa shape index (κ1) is 15.9. The maximum Gasteiger partial charge on any atom is 0.240 e. The van der Waals surface area contributed by atoms with E-state index in [0.717, 1.165) is 0 Å². The summed E-state index contributed by atoms with van der Waals surface area (Å²) in [5.74, 6) is -0.381. The molecule has 0 fully saturated rings. The molecule has 17 heavy (non-hydrogen) atoms. The number of nitrogens with one attached hydrogen (secondary N) is 1. The number of carbonyl (C=O) groups excluding carboxylic acids is 2. The summed E-state index contributed by atoms with van der Waals surface area (Å²) < 4.78 is 0. The molecule has 0 radical (unpaired) electrons. The SMILES string of the molecule is CC(C)NC(=O)CN(C)C(=O)[C@@H](N)C(C)(C)C.